The first-order chi connectivity index (χ1) is 12.7. The van der Waals surface area contributed by atoms with E-state index in [4.69, 9.17) is 4.74 Å². The van der Waals surface area contributed by atoms with Crippen molar-refractivity contribution in [3.8, 4) is 5.75 Å². The molecule has 2 aromatic rings. The SMILES string of the molecule is COc1ccccc1NC(=O)[C@H](Cc1ccccc1)N(C)[S@@](=O)C(C)(C)C. The van der Waals surface area contributed by atoms with Crippen LogP contribution >= 0.6 is 0 Å². The average molecular weight is 389 g/mol. The van der Waals surface area contributed by atoms with E-state index in [1.165, 1.54) is 0 Å². The maximum absolute atomic E-state index is 13.1. The minimum Gasteiger partial charge on any atom is -0.495 e. The van der Waals surface area contributed by atoms with Crippen LogP contribution in [0.15, 0.2) is 54.6 Å². The summed E-state index contributed by atoms with van der Waals surface area (Å²) in [6.45, 7) is 5.70. The molecular formula is C21H28N2O3S. The molecular weight excluding hydrogens is 360 g/mol. The number of amides is 1. The monoisotopic (exact) mass is 388 g/mol. The van der Waals surface area contributed by atoms with Gasteiger partial charge in [-0.3, -0.25) is 4.79 Å². The summed E-state index contributed by atoms with van der Waals surface area (Å²) in [4.78, 5) is 13.1. The lowest BCUT2D eigenvalue weighted by molar-refractivity contribution is -0.119. The Bertz CT molecular complexity index is 788. The highest BCUT2D eigenvalue weighted by Crippen LogP contribution is 2.25. The lowest BCUT2D eigenvalue weighted by Crippen LogP contribution is -2.48. The van der Waals surface area contributed by atoms with Crippen LogP contribution in [0.4, 0.5) is 5.69 Å². The Morgan fingerprint density at radius 3 is 2.30 bits per heavy atom. The van der Waals surface area contributed by atoms with E-state index in [2.05, 4.69) is 5.32 Å². The van der Waals surface area contributed by atoms with Gasteiger partial charge >= 0.3 is 0 Å². The van der Waals surface area contributed by atoms with Gasteiger partial charge in [0.05, 0.1) is 17.5 Å². The number of likely N-dealkylation sites (N-methyl/N-ethyl adjacent to an activating group) is 1. The third kappa shape index (κ3) is 5.65. The van der Waals surface area contributed by atoms with Crippen molar-refractivity contribution in [1.29, 1.82) is 0 Å². The van der Waals surface area contributed by atoms with E-state index in [-0.39, 0.29) is 5.91 Å². The second-order valence-electron chi connectivity index (χ2n) is 7.30. The Balaban J connectivity index is 2.30. The molecule has 2 aromatic carbocycles. The van der Waals surface area contributed by atoms with Crippen LogP contribution in [0, 0.1) is 0 Å². The molecule has 6 heteroatoms. The van der Waals surface area contributed by atoms with Crippen LogP contribution in [0.3, 0.4) is 0 Å². The van der Waals surface area contributed by atoms with Gasteiger partial charge in [0.25, 0.3) is 0 Å². The van der Waals surface area contributed by atoms with Crippen molar-refractivity contribution in [2.45, 2.75) is 38.0 Å². The van der Waals surface area contributed by atoms with Crippen LogP contribution in [0.2, 0.25) is 0 Å². The molecule has 0 bridgehead atoms. The highest BCUT2D eigenvalue weighted by Gasteiger charge is 2.33. The molecule has 0 aliphatic rings. The minimum absolute atomic E-state index is 0.219. The lowest BCUT2D eigenvalue weighted by atomic mass is 10.1. The molecule has 1 amide bonds. The van der Waals surface area contributed by atoms with Crippen molar-refractivity contribution in [3.63, 3.8) is 0 Å². The number of para-hydroxylation sites is 2. The zero-order chi connectivity index (χ0) is 20.0. The van der Waals surface area contributed by atoms with Gasteiger partial charge in [0.1, 0.15) is 22.8 Å². The predicted molar refractivity (Wildman–Crippen MR) is 111 cm³/mol. The Hall–Kier alpha value is -2.18. The first-order valence-electron chi connectivity index (χ1n) is 8.86. The van der Waals surface area contributed by atoms with Crippen LogP contribution in [0.25, 0.3) is 0 Å². The van der Waals surface area contributed by atoms with E-state index >= 15 is 0 Å². The molecule has 0 aliphatic carbocycles. The smallest absolute Gasteiger partial charge is 0.243 e. The molecule has 27 heavy (non-hydrogen) atoms. The van der Waals surface area contributed by atoms with Gasteiger partial charge in [-0.2, -0.15) is 0 Å². The number of carbonyl (C=O) groups excluding carboxylic acids is 1. The summed E-state index contributed by atoms with van der Waals surface area (Å²) in [5, 5.41) is 2.93. The summed E-state index contributed by atoms with van der Waals surface area (Å²) in [7, 11) is 1.97. The van der Waals surface area contributed by atoms with Crippen molar-refractivity contribution < 1.29 is 13.7 Å². The molecule has 146 valence electrons. The third-order valence-electron chi connectivity index (χ3n) is 4.16. The predicted octanol–water partition coefficient (Wildman–Crippen LogP) is 3.64. The van der Waals surface area contributed by atoms with Gasteiger partial charge in [-0.25, -0.2) is 8.51 Å². The highest BCUT2D eigenvalue weighted by molar-refractivity contribution is 7.84. The summed E-state index contributed by atoms with van der Waals surface area (Å²) in [6.07, 6.45) is 0.458. The molecule has 0 aromatic heterocycles. The fourth-order valence-electron chi connectivity index (χ4n) is 2.74. The standard InChI is InChI=1S/C21H28N2O3S/c1-21(2,3)27(25)23(4)18(15-16-11-7-6-8-12-16)20(24)22-17-13-9-10-14-19(17)26-5/h6-14,18H,15H2,1-5H3,(H,22,24)/t18-,27-/m0/s1. The lowest BCUT2D eigenvalue weighted by Gasteiger charge is -2.31. The van der Waals surface area contributed by atoms with Crippen LogP contribution in [-0.4, -0.2) is 39.4 Å². The van der Waals surface area contributed by atoms with Gasteiger partial charge in [0.15, 0.2) is 0 Å². The van der Waals surface area contributed by atoms with Crippen LogP contribution in [0.5, 0.6) is 5.75 Å². The van der Waals surface area contributed by atoms with E-state index in [1.54, 1.807) is 30.6 Å². The Morgan fingerprint density at radius 1 is 1.11 bits per heavy atom. The normalized spacial score (nSPS) is 13.9. The summed E-state index contributed by atoms with van der Waals surface area (Å²) >= 11 is 0. The summed E-state index contributed by atoms with van der Waals surface area (Å²) in [6, 6.07) is 16.4. The van der Waals surface area contributed by atoms with E-state index in [0.717, 1.165) is 5.56 Å². The molecule has 2 rings (SSSR count). The topological polar surface area (TPSA) is 58.6 Å². The van der Waals surface area contributed by atoms with E-state index < -0.39 is 21.8 Å². The molecule has 2 atom stereocenters. The number of methoxy groups -OCH3 is 1. The van der Waals surface area contributed by atoms with Crippen molar-refractivity contribution in [2.24, 2.45) is 0 Å². The number of nitrogens with zero attached hydrogens (tertiary/aromatic N) is 1. The van der Waals surface area contributed by atoms with Crippen molar-refractivity contribution in [1.82, 2.24) is 4.31 Å². The second kappa shape index (κ2) is 9.15. The minimum atomic E-state index is -1.33. The molecule has 0 saturated heterocycles. The Kier molecular flexibility index (Phi) is 7.16. The number of hydrogen-bond donors (Lipinski definition) is 1. The van der Waals surface area contributed by atoms with Gasteiger partial charge in [0, 0.05) is 7.05 Å². The largest absolute Gasteiger partial charge is 0.495 e. The number of hydrogen-bond acceptors (Lipinski definition) is 3. The first-order valence-corrected chi connectivity index (χ1v) is 9.97. The first kappa shape index (κ1) is 21.1. The quantitative estimate of drug-likeness (QED) is 0.788. The van der Waals surface area contributed by atoms with Gasteiger partial charge in [-0.1, -0.05) is 42.5 Å². The fraction of sp³-hybridized carbons (Fsp3) is 0.381. The molecule has 5 nitrogen and oxygen atoms in total. The molecule has 0 heterocycles. The maximum Gasteiger partial charge on any atom is 0.243 e. The zero-order valence-electron chi connectivity index (χ0n) is 16.6. The molecule has 0 unspecified atom stereocenters. The number of anilines is 1. The average Bonchev–Trinajstić information content (AvgIpc) is 2.65. The molecule has 0 radical (unpaired) electrons. The van der Waals surface area contributed by atoms with E-state index in [0.29, 0.717) is 17.9 Å². The summed E-state index contributed by atoms with van der Waals surface area (Å²) in [5.74, 6) is 0.368. The fourth-order valence-corrected chi connectivity index (χ4v) is 4.00. The summed E-state index contributed by atoms with van der Waals surface area (Å²) < 4.78 is 19.4. The molecule has 0 fully saturated rings. The van der Waals surface area contributed by atoms with E-state index in [9.17, 15) is 9.00 Å². The van der Waals surface area contributed by atoms with Gasteiger partial charge in [0.2, 0.25) is 5.91 Å². The van der Waals surface area contributed by atoms with Crippen LogP contribution < -0.4 is 10.1 Å². The van der Waals surface area contributed by atoms with Gasteiger partial charge < -0.3 is 10.1 Å². The van der Waals surface area contributed by atoms with Crippen molar-refractivity contribution in [2.75, 3.05) is 19.5 Å². The number of rotatable bonds is 7. The second-order valence-corrected chi connectivity index (χ2v) is 9.60. The third-order valence-corrected chi connectivity index (χ3v) is 5.99. The summed E-state index contributed by atoms with van der Waals surface area (Å²) in [5.41, 5.74) is 1.61. The maximum atomic E-state index is 13.1. The molecule has 1 N–H and O–H groups in total. The molecule has 0 spiro atoms. The molecule has 0 aliphatic heterocycles. The Labute approximate surface area is 164 Å². The number of ether oxygens (including phenoxy) is 1. The van der Waals surface area contributed by atoms with Crippen molar-refractivity contribution >= 4 is 22.6 Å². The highest BCUT2D eigenvalue weighted by atomic mass is 32.2. The van der Waals surface area contributed by atoms with Crippen LogP contribution in [0.1, 0.15) is 26.3 Å². The zero-order valence-corrected chi connectivity index (χ0v) is 17.4. The van der Waals surface area contributed by atoms with E-state index in [1.807, 2.05) is 63.2 Å². The molecule has 0 saturated carbocycles. The van der Waals surface area contributed by atoms with Crippen LogP contribution in [-0.2, 0) is 22.2 Å². The van der Waals surface area contributed by atoms with Crippen molar-refractivity contribution in [3.05, 3.63) is 60.2 Å². The van der Waals surface area contributed by atoms with Gasteiger partial charge in [-0.15, -0.1) is 0 Å². The van der Waals surface area contributed by atoms with Gasteiger partial charge in [-0.05, 0) is 44.9 Å². The Morgan fingerprint density at radius 2 is 1.70 bits per heavy atom. The number of benzene rings is 2. The number of carbonyl (C=O) groups is 1. The number of nitrogens with one attached hydrogen (secondary N) is 1.